The highest BCUT2D eigenvalue weighted by Gasteiger charge is 2.20. The first-order valence-corrected chi connectivity index (χ1v) is 8.49. The zero-order chi connectivity index (χ0) is 16.4. The van der Waals surface area contributed by atoms with Crippen molar-refractivity contribution in [3.05, 3.63) is 48.8 Å². The lowest BCUT2D eigenvalue weighted by Gasteiger charge is -2.35. The van der Waals surface area contributed by atoms with E-state index in [2.05, 4.69) is 39.9 Å². The summed E-state index contributed by atoms with van der Waals surface area (Å²) in [5.41, 5.74) is 1.94. The molecule has 1 aliphatic heterocycles. The molecule has 0 spiro atoms. The molecule has 3 heterocycles. The van der Waals surface area contributed by atoms with Gasteiger partial charge in [0.05, 0.1) is 5.52 Å². The minimum absolute atomic E-state index is 0. The van der Waals surface area contributed by atoms with Crippen LogP contribution in [0.3, 0.4) is 0 Å². The van der Waals surface area contributed by atoms with Crippen LogP contribution in [-0.2, 0) is 0 Å². The molecule has 0 aliphatic carbocycles. The Balaban J connectivity index is 0.00000182. The van der Waals surface area contributed by atoms with Gasteiger partial charge >= 0.3 is 0 Å². The van der Waals surface area contributed by atoms with Crippen molar-refractivity contribution >= 4 is 29.1 Å². The Morgan fingerprint density at radius 2 is 1.76 bits per heavy atom. The van der Waals surface area contributed by atoms with Gasteiger partial charge in [0.2, 0.25) is 0 Å². The number of aromatic nitrogens is 3. The average molecular weight is 356 g/mol. The summed E-state index contributed by atoms with van der Waals surface area (Å²) >= 11 is 0. The maximum Gasteiger partial charge on any atom is 0.163 e. The van der Waals surface area contributed by atoms with E-state index >= 15 is 0 Å². The minimum atomic E-state index is 0. The number of halogens is 1. The van der Waals surface area contributed by atoms with Crippen molar-refractivity contribution in [2.45, 2.75) is 6.92 Å². The molecule has 25 heavy (non-hydrogen) atoms. The highest BCUT2D eigenvalue weighted by molar-refractivity contribution is 5.91. The molecule has 0 amide bonds. The largest absolute Gasteiger partial charge is 0.353 e. The number of benzene rings is 1. The van der Waals surface area contributed by atoms with E-state index < -0.39 is 0 Å². The third-order valence-corrected chi connectivity index (χ3v) is 4.62. The van der Waals surface area contributed by atoms with Gasteiger partial charge in [0, 0.05) is 49.5 Å². The molecule has 130 valence electrons. The number of nitrogens with zero attached hydrogens (tertiary/aromatic N) is 5. The Morgan fingerprint density at radius 3 is 2.48 bits per heavy atom. The van der Waals surface area contributed by atoms with Crippen molar-refractivity contribution in [2.75, 3.05) is 37.6 Å². The third kappa shape index (κ3) is 3.57. The van der Waals surface area contributed by atoms with Crippen LogP contribution in [0, 0.1) is 0 Å². The minimum Gasteiger partial charge on any atom is -0.353 e. The van der Waals surface area contributed by atoms with Crippen LogP contribution in [0.25, 0.3) is 22.3 Å². The predicted octanol–water partition coefficient (Wildman–Crippen LogP) is 3.26. The normalized spacial score (nSPS) is 15.2. The average Bonchev–Trinajstić information content (AvgIpc) is 2.68. The summed E-state index contributed by atoms with van der Waals surface area (Å²) < 4.78 is 0. The summed E-state index contributed by atoms with van der Waals surface area (Å²) in [7, 11) is 0. The number of rotatable bonds is 3. The van der Waals surface area contributed by atoms with Crippen molar-refractivity contribution < 1.29 is 0 Å². The van der Waals surface area contributed by atoms with Gasteiger partial charge in [-0.05, 0) is 30.8 Å². The number of piperazine rings is 1. The summed E-state index contributed by atoms with van der Waals surface area (Å²) in [6.07, 6.45) is 3.60. The fourth-order valence-electron chi connectivity index (χ4n) is 3.20. The van der Waals surface area contributed by atoms with Gasteiger partial charge < -0.3 is 9.80 Å². The molecule has 5 nitrogen and oxygen atoms in total. The van der Waals surface area contributed by atoms with Gasteiger partial charge in [-0.1, -0.05) is 19.1 Å². The lowest BCUT2D eigenvalue weighted by molar-refractivity contribution is 0.271. The number of hydrogen-bond donors (Lipinski definition) is 0. The summed E-state index contributed by atoms with van der Waals surface area (Å²) in [4.78, 5) is 18.7. The molecule has 1 fully saturated rings. The molecule has 1 aliphatic rings. The van der Waals surface area contributed by atoms with Crippen LogP contribution in [-0.4, -0.2) is 52.6 Å². The van der Waals surface area contributed by atoms with Gasteiger partial charge in [0.1, 0.15) is 5.82 Å². The second-order valence-corrected chi connectivity index (χ2v) is 6.05. The van der Waals surface area contributed by atoms with E-state index in [0.29, 0.717) is 0 Å². The van der Waals surface area contributed by atoms with Gasteiger partial charge in [-0.2, -0.15) is 0 Å². The number of hydrogen-bond acceptors (Lipinski definition) is 5. The summed E-state index contributed by atoms with van der Waals surface area (Å²) in [6.45, 7) is 7.49. The monoisotopic (exact) mass is 355 g/mol. The van der Waals surface area contributed by atoms with Gasteiger partial charge in [0.15, 0.2) is 5.82 Å². The predicted molar refractivity (Wildman–Crippen MR) is 104 cm³/mol. The molecule has 0 bridgehead atoms. The van der Waals surface area contributed by atoms with Crippen LogP contribution < -0.4 is 4.90 Å². The van der Waals surface area contributed by atoms with Crippen molar-refractivity contribution in [3.63, 3.8) is 0 Å². The zero-order valence-electron chi connectivity index (χ0n) is 14.3. The van der Waals surface area contributed by atoms with Gasteiger partial charge in [-0.3, -0.25) is 4.98 Å². The molecule has 0 unspecified atom stereocenters. The molecule has 2 aromatic heterocycles. The molecular formula is C19H22ClN5. The molecule has 6 heteroatoms. The number of pyridine rings is 1. The van der Waals surface area contributed by atoms with Gasteiger partial charge in [-0.25, -0.2) is 9.97 Å². The molecule has 0 N–H and O–H groups in total. The molecule has 0 saturated carbocycles. The van der Waals surface area contributed by atoms with Crippen molar-refractivity contribution in [1.29, 1.82) is 0 Å². The van der Waals surface area contributed by atoms with E-state index in [1.807, 2.05) is 24.4 Å². The Hall–Kier alpha value is -2.24. The first-order valence-electron chi connectivity index (χ1n) is 8.49. The van der Waals surface area contributed by atoms with Crippen LogP contribution in [0.2, 0.25) is 0 Å². The van der Waals surface area contributed by atoms with Crippen molar-refractivity contribution in [3.8, 4) is 11.4 Å². The summed E-state index contributed by atoms with van der Waals surface area (Å²) in [5, 5.41) is 1.12. The standard InChI is InChI=1S/C19H21N5.ClH/c1-2-23-10-12-24(13-11-23)19-16-7-3-4-8-17(16)21-18(22-19)15-6-5-9-20-14-15;/h3-9,14H,2,10-13H2,1H3;1H. The Labute approximate surface area is 154 Å². The van der Waals surface area contributed by atoms with E-state index in [1.165, 1.54) is 0 Å². The van der Waals surface area contributed by atoms with Crippen LogP contribution in [0.4, 0.5) is 5.82 Å². The maximum atomic E-state index is 4.90. The first-order chi connectivity index (χ1) is 11.8. The first kappa shape index (κ1) is 17.6. The number of likely N-dealkylation sites (N-methyl/N-ethyl adjacent to an activating group) is 1. The van der Waals surface area contributed by atoms with Crippen LogP contribution in [0.5, 0.6) is 0 Å². The molecule has 4 rings (SSSR count). The summed E-state index contributed by atoms with van der Waals surface area (Å²) in [6, 6.07) is 12.2. The smallest absolute Gasteiger partial charge is 0.163 e. The Kier molecular flexibility index (Phi) is 5.46. The van der Waals surface area contributed by atoms with Crippen LogP contribution >= 0.6 is 12.4 Å². The molecule has 0 radical (unpaired) electrons. The maximum absolute atomic E-state index is 4.90. The number of anilines is 1. The Bertz CT molecular complexity index is 832. The molecule has 0 atom stereocenters. The number of para-hydroxylation sites is 1. The fourth-order valence-corrected chi connectivity index (χ4v) is 3.20. The number of fused-ring (bicyclic) bond motifs is 1. The zero-order valence-corrected chi connectivity index (χ0v) is 15.1. The second-order valence-electron chi connectivity index (χ2n) is 6.05. The molecule has 1 aromatic carbocycles. The van der Waals surface area contributed by atoms with E-state index in [0.717, 1.165) is 60.8 Å². The molecular weight excluding hydrogens is 334 g/mol. The molecule has 3 aromatic rings. The summed E-state index contributed by atoms with van der Waals surface area (Å²) in [5.74, 6) is 1.78. The van der Waals surface area contributed by atoms with Gasteiger partial charge in [-0.15, -0.1) is 12.4 Å². The van der Waals surface area contributed by atoms with E-state index in [9.17, 15) is 0 Å². The Morgan fingerprint density at radius 1 is 0.960 bits per heavy atom. The lowest BCUT2D eigenvalue weighted by Crippen LogP contribution is -2.46. The van der Waals surface area contributed by atoms with Gasteiger partial charge in [0.25, 0.3) is 0 Å². The highest BCUT2D eigenvalue weighted by Crippen LogP contribution is 2.27. The quantitative estimate of drug-likeness (QED) is 0.721. The van der Waals surface area contributed by atoms with Crippen molar-refractivity contribution in [2.24, 2.45) is 0 Å². The molecule has 1 saturated heterocycles. The van der Waals surface area contributed by atoms with E-state index in [4.69, 9.17) is 9.97 Å². The highest BCUT2D eigenvalue weighted by atomic mass is 35.5. The second kappa shape index (κ2) is 7.76. The SMILES string of the molecule is CCN1CCN(c2nc(-c3cccnc3)nc3ccccc23)CC1.Cl. The fraction of sp³-hybridized carbons (Fsp3) is 0.316. The van der Waals surface area contributed by atoms with E-state index in [-0.39, 0.29) is 12.4 Å². The lowest BCUT2D eigenvalue weighted by atomic mass is 10.2. The third-order valence-electron chi connectivity index (χ3n) is 4.62. The van der Waals surface area contributed by atoms with Crippen LogP contribution in [0.15, 0.2) is 48.8 Å². The van der Waals surface area contributed by atoms with Crippen molar-refractivity contribution in [1.82, 2.24) is 19.9 Å². The van der Waals surface area contributed by atoms with Crippen LogP contribution in [0.1, 0.15) is 6.92 Å². The van der Waals surface area contributed by atoms with E-state index in [1.54, 1.807) is 6.20 Å². The topological polar surface area (TPSA) is 45.2 Å².